The van der Waals surface area contributed by atoms with Gasteiger partial charge in [-0.3, -0.25) is 9.10 Å². The smallest absolute Gasteiger partial charge is 0.264 e. The maximum Gasteiger partial charge on any atom is 0.264 e. The summed E-state index contributed by atoms with van der Waals surface area (Å²) in [4.78, 5) is 12.8. The molecule has 11 heteroatoms. The second-order valence-electron chi connectivity index (χ2n) is 7.27. The molecule has 4 rings (SSSR count). The summed E-state index contributed by atoms with van der Waals surface area (Å²) in [6, 6.07) is 17.9. The van der Waals surface area contributed by atoms with Crippen molar-refractivity contribution in [3.05, 3.63) is 76.8 Å². The standard InChI is InChI=1S/C24H22BrN3O6S/c1-2-32-19-10-8-18(9-11-19)28(35(30,31)20-6-4-3-5-7-20)15-24(29)27-26-14-17-12-22-23(13-21(17)25)34-16-33-22/h3-14H,2,15-16H2,1H3,(H,27,29)/b26-14+. The van der Waals surface area contributed by atoms with Crippen molar-refractivity contribution in [1.82, 2.24) is 5.43 Å². The minimum absolute atomic E-state index is 0.0643. The van der Waals surface area contributed by atoms with E-state index in [1.54, 1.807) is 54.6 Å². The molecule has 1 amide bonds. The van der Waals surface area contributed by atoms with Gasteiger partial charge >= 0.3 is 0 Å². The molecule has 0 bridgehead atoms. The highest BCUT2D eigenvalue weighted by Gasteiger charge is 2.27. The number of fused-ring (bicyclic) bond motifs is 1. The number of amides is 1. The number of hydrogen-bond acceptors (Lipinski definition) is 7. The van der Waals surface area contributed by atoms with E-state index in [1.807, 2.05) is 6.92 Å². The highest BCUT2D eigenvalue weighted by Crippen LogP contribution is 2.36. The van der Waals surface area contributed by atoms with Crippen molar-refractivity contribution in [3.8, 4) is 17.2 Å². The van der Waals surface area contributed by atoms with Crippen molar-refractivity contribution in [3.63, 3.8) is 0 Å². The Morgan fingerprint density at radius 3 is 2.49 bits per heavy atom. The van der Waals surface area contributed by atoms with E-state index < -0.39 is 22.5 Å². The Labute approximate surface area is 211 Å². The zero-order valence-corrected chi connectivity index (χ0v) is 21.1. The molecule has 3 aromatic carbocycles. The predicted molar refractivity (Wildman–Crippen MR) is 135 cm³/mol. The van der Waals surface area contributed by atoms with Crippen molar-refractivity contribution < 1.29 is 27.4 Å². The molecule has 0 saturated heterocycles. The maximum atomic E-state index is 13.4. The van der Waals surface area contributed by atoms with Crippen LogP contribution < -0.4 is 23.9 Å². The summed E-state index contributed by atoms with van der Waals surface area (Å²) in [6.07, 6.45) is 1.43. The van der Waals surface area contributed by atoms with Crippen molar-refractivity contribution >= 4 is 43.8 Å². The number of anilines is 1. The summed E-state index contributed by atoms with van der Waals surface area (Å²) in [6.45, 7) is 1.99. The predicted octanol–water partition coefficient (Wildman–Crippen LogP) is 3.92. The summed E-state index contributed by atoms with van der Waals surface area (Å²) < 4.78 is 44.6. The molecular formula is C24H22BrN3O6S. The van der Waals surface area contributed by atoms with E-state index in [2.05, 4.69) is 26.5 Å². The van der Waals surface area contributed by atoms with Gasteiger partial charge in [0.25, 0.3) is 15.9 Å². The van der Waals surface area contributed by atoms with Crippen LogP contribution in [-0.2, 0) is 14.8 Å². The molecule has 1 heterocycles. The minimum Gasteiger partial charge on any atom is -0.494 e. The summed E-state index contributed by atoms with van der Waals surface area (Å²) in [5.74, 6) is 1.15. The lowest BCUT2D eigenvalue weighted by Gasteiger charge is -2.24. The Bertz CT molecular complexity index is 1330. The molecular weight excluding hydrogens is 538 g/mol. The Kier molecular flexibility index (Phi) is 7.57. The van der Waals surface area contributed by atoms with Gasteiger partial charge in [0, 0.05) is 10.0 Å². The fourth-order valence-electron chi connectivity index (χ4n) is 3.28. The van der Waals surface area contributed by atoms with Gasteiger partial charge in [0.15, 0.2) is 11.5 Å². The van der Waals surface area contributed by atoms with E-state index in [0.29, 0.717) is 39.6 Å². The van der Waals surface area contributed by atoms with Gasteiger partial charge in [0.1, 0.15) is 12.3 Å². The second-order valence-corrected chi connectivity index (χ2v) is 9.99. The summed E-state index contributed by atoms with van der Waals surface area (Å²) >= 11 is 3.42. The third-order valence-electron chi connectivity index (χ3n) is 4.94. The normalized spacial score (nSPS) is 12.5. The number of rotatable bonds is 9. The number of carbonyl (C=O) groups is 1. The zero-order valence-electron chi connectivity index (χ0n) is 18.7. The molecule has 0 fully saturated rings. The fraction of sp³-hybridized carbons (Fsp3) is 0.167. The van der Waals surface area contributed by atoms with E-state index >= 15 is 0 Å². The van der Waals surface area contributed by atoms with Gasteiger partial charge in [-0.25, -0.2) is 13.8 Å². The number of sulfonamides is 1. The summed E-state index contributed by atoms with van der Waals surface area (Å²) in [5, 5.41) is 3.98. The molecule has 1 aliphatic rings. The molecule has 9 nitrogen and oxygen atoms in total. The van der Waals surface area contributed by atoms with Crippen LogP contribution in [0.25, 0.3) is 0 Å². The summed E-state index contributed by atoms with van der Waals surface area (Å²) in [7, 11) is -4.02. The number of ether oxygens (including phenoxy) is 3. The van der Waals surface area contributed by atoms with Gasteiger partial charge < -0.3 is 14.2 Å². The number of carbonyl (C=O) groups excluding carboxylic acids is 1. The van der Waals surface area contributed by atoms with Crippen LogP contribution in [0.2, 0.25) is 0 Å². The molecule has 0 aliphatic carbocycles. The molecule has 3 aromatic rings. The van der Waals surface area contributed by atoms with Crippen LogP contribution in [0.3, 0.4) is 0 Å². The van der Waals surface area contributed by atoms with Crippen molar-refractivity contribution in [1.29, 1.82) is 0 Å². The van der Waals surface area contributed by atoms with Crippen LogP contribution in [0, 0.1) is 0 Å². The first-order valence-corrected chi connectivity index (χ1v) is 12.8. The number of hydrogen-bond donors (Lipinski definition) is 1. The fourth-order valence-corrected chi connectivity index (χ4v) is 5.15. The highest BCUT2D eigenvalue weighted by atomic mass is 79.9. The summed E-state index contributed by atoms with van der Waals surface area (Å²) in [5.41, 5.74) is 3.35. The average Bonchev–Trinajstić information content (AvgIpc) is 3.31. The Hall–Kier alpha value is -3.57. The molecule has 0 spiro atoms. The van der Waals surface area contributed by atoms with Crippen molar-refractivity contribution in [2.75, 3.05) is 24.2 Å². The van der Waals surface area contributed by atoms with Gasteiger partial charge in [0.2, 0.25) is 6.79 Å². The molecule has 35 heavy (non-hydrogen) atoms. The van der Waals surface area contributed by atoms with E-state index in [-0.39, 0.29) is 11.7 Å². The quantitative estimate of drug-likeness (QED) is 0.314. The largest absolute Gasteiger partial charge is 0.494 e. The molecule has 182 valence electrons. The van der Waals surface area contributed by atoms with Crippen molar-refractivity contribution in [2.45, 2.75) is 11.8 Å². The van der Waals surface area contributed by atoms with Crippen LogP contribution in [-0.4, -0.2) is 40.5 Å². The second kappa shape index (κ2) is 10.8. The Morgan fingerprint density at radius 1 is 1.11 bits per heavy atom. The van der Waals surface area contributed by atoms with Gasteiger partial charge in [0.05, 0.1) is 23.4 Å². The lowest BCUT2D eigenvalue weighted by molar-refractivity contribution is -0.119. The number of benzene rings is 3. The minimum atomic E-state index is -4.02. The monoisotopic (exact) mass is 559 g/mol. The first-order valence-electron chi connectivity index (χ1n) is 10.6. The van der Waals surface area contributed by atoms with E-state index in [0.717, 1.165) is 4.31 Å². The Balaban J connectivity index is 1.54. The lowest BCUT2D eigenvalue weighted by atomic mass is 10.2. The van der Waals surface area contributed by atoms with E-state index in [9.17, 15) is 13.2 Å². The average molecular weight is 560 g/mol. The number of nitrogens with one attached hydrogen (secondary N) is 1. The maximum absolute atomic E-state index is 13.4. The first-order chi connectivity index (χ1) is 16.9. The number of nitrogens with zero attached hydrogens (tertiary/aromatic N) is 2. The molecule has 0 unspecified atom stereocenters. The number of halogens is 1. The lowest BCUT2D eigenvalue weighted by Crippen LogP contribution is -2.39. The highest BCUT2D eigenvalue weighted by molar-refractivity contribution is 9.10. The Morgan fingerprint density at radius 2 is 1.80 bits per heavy atom. The van der Waals surface area contributed by atoms with Crippen LogP contribution in [0.15, 0.2) is 81.2 Å². The SMILES string of the molecule is CCOc1ccc(N(CC(=O)N/N=C/c2cc3c(cc2Br)OCO3)S(=O)(=O)c2ccccc2)cc1. The van der Waals surface area contributed by atoms with Gasteiger partial charge in [-0.15, -0.1) is 0 Å². The van der Waals surface area contributed by atoms with Crippen LogP contribution in [0.4, 0.5) is 5.69 Å². The molecule has 0 radical (unpaired) electrons. The third-order valence-corrected chi connectivity index (χ3v) is 7.41. The topological polar surface area (TPSA) is 107 Å². The first kappa shape index (κ1) is 24.6. The van der Waals surface area contributed by atoms with Crippen LogP contribution in [0.1, 0.15) is 12.5 Å². The van der Waals surface area contributed by atoms with Gasteiger partial charge in [-0.1, -0.05) is 18.2 Å². The molecule has 1 aliphatic heterocycles. The van der Waals surface area contributed by atoms with Crippen molar-refractivity contribution in [2.24, 2.45) is 5.10 Å². The van der Waals surface area contributed by atoms with Crippen LogP contribution in [0.5, 0.6) is 17.2 Å². The van der Waals surface area contributed by atoms with Crippen LogP contribution >= 0.6 is 15.9 Å². The molecule has 0 aromatic heterocycles. The number of hydrazone groups is 1. The van der Waals surface area contributed by atoms with Gasteiger partial charge in [-0.2, -0.15) is 5.10 Å². The molecule has 0 saturated carbocycles. The molecule has 1 N–H and O–H groups in total. The van der Waals surface area contributed by atoms with Gasteiger partial charge in [-0.05, 0) is 71.4 Å². The zero-order chi connectivity index (χ0) is 24.8. The third kappa shape index (κ3) is 5.75. The van der Waals surface area contributed by atoms with E-state index in [4.69, 9.17) is 14.2 Å². The molecule has 0 atom stereocenters. The van der Waals surface area contributed by atoms with E-state index in [1.165, 1.54) is 18.3 Å².